The van der Waals surface area contributed by atoms with Crippen molar-refractivity contribution in [1.82, 2.24) is 15.1 Å². The van der Waals surface area contributed by atoms with Gasteiger partial charge < -0.3 is 26.0 Å². The van der Waals surface area contributed by atoms with Gasteiger partial charge in [-0.05, 0) is 24.6 Å². The first kappa shape index (κ1) is 26.3. The maximum absolute atomic E-state index is 14.3. The van der Waals surface area contributed by atoms with Crippen LogP contribution < -0.4 is 11.1 Å². The third-order valence-electron chi connectivity index (χ3n) is 5.76. The molecule has 1 fully saturated rings. The van der Waals surface area contributed by atoms with Gasteiger partial charge in [-0.3, -0.25) is 24.6 Å². The molecule has 12 heteroatoms. The predicted octanol–water partition coefficient (Wildman–Crippen LogP) is 1.26. The highest BCUT2D eigenvalue weighted by Crippen LogP contribution is 2.29. The number of carbonyl (C=O) groups excluding carboxylic acids is 3. The number of aliphatic carboxylic acids is 1. The molecule has 0 saturated carbocycles. The van der Waals surface area contributed by atoms with E-state index < -0.39 is 41.9 Å². The number of nitrogens with two attached hydrogens (primary N) is 1. The van der Waals surface area contributed by atoms with E-state index in [1.807, 2.05) is 0 Å². The van der Waals surface area contributed by atoms with Crippen molar-refractivity contribution in [3.63, 3.8) is 0 Å². The van der Waals surface area contributed by atoms with Gasteiger partial charge in [-0.2, -0.15) is 0 Å². The molecule has 5 N–H and O–H groups in total. The van der Waals surface area contributed by atoms with Gasteiger partial charge in [0.1, 0.15) is 17.5 Å². The minimum absolute atomic E-state index is 0.0335. The average Bonchev–Trinajstić information content (AvgIpc) is 2.83. The molecule has 1 saturated heterocycles. The Kier molecular flexibility index (Phi) is 8.30. The van der Waals surface area contributed by atoms with E-state index in [-0.39, 0.29) is 43.5 Å². The molecule has 1 heterocycles. The van der Waals surface area contributed by atoms with Crippen molar-refractivity contribution in [3.05, 3.63) is 70.8 Å². The summed E-state index contributed by atoms with van der Waals surface area (Å²) in [4.78, 5) is 51.3. The van der Waals surface area contributed by atoms with Crippen LogP contribution in [0, 0.1) is 17.0 Å². The summed E-state index contributed by atoms with van der Waals surface area (Å²) in [5.74, 6) is -5.48. The van der Waals surface area contributed by atoms with E-state index in [4.69, 9.17) is 11.1 Å². The van der Waals surface area contributed by atoms with E-state index in [0.29, 0.717) is 23.6 Å². The van der Waals surface area contributed by atoms with Crippen molar-refractivity contribution in [3.8, 4) is 0 Å². The zero-order chi connectivity index (χ0) is 26.4. The van der Waals surface area contributed by atoms with Gasteiger partial charge in [-0.1, -0.05) is 18.2 Å². The van der Waals surface area contributed by atoms with E-state index in [1.54, 1.807) is 12.1 Å². The van der Waals surface area contributed by atoms with Crippen LogP contribution in [-0.4, -0.2) is 70.6 Å². The number of hydrogen-bond donors (Lipinski definition) is 4. The van der Waals surface area contributed by atoms with Gasteiger partial charge in [0.05, 0.1) is 12.5 Å². The molecule has 0 bridgehead atoms. The van der Waals surface area contributed by atoms with Crippen LogP contribution in [0.1, 0.15) is 40.4 Å². The van der Waals surface area contributed by atoms with Gasteiger partial charge in [0.2, 0.25) is 0 Å². The summed E-state index contributed by atoms with van der Waals surface area (Å²) in [6.45, 7) is 0.437. The fraction of sp³-hybridized carbons (Fsp3) is 0.292. The number of carbonyl (C=O) groups is 4. The molecule has 1 atom stereocenters. The number of nitrogen functional groups attached to an aromatic ring is 1. The van der Waals surface area contributed by atoms with Crippen molar-refractivity contribution in [2.75, 3.05) is 26.2 Å². The van der Waals surface area contributed by atoms with Crippen LogP contribution >= 0.6 is 0 Å². The lowest BCUT2D eigenvalue weighted by molar-refractivity contribution is -0.159. The van der Waals surface area contributed by atoms with Crippen molar-refractivity contribution in [2.24, 2.45) is 5.73 Å². The average molecular weight is 501 g/mol. The van der Waals surface area contributed by atoms with Crippen LogP contribution in [-0.2, 0) is 14.4 Å². The van der Waals surface area contributed by atoms with Crippen LogP contribution in [0.2, 0.25) is 0 Å². The van der Waals surface area contributed by atoms with Crippen LogP contribution in [0.3, 0.4) is 0 Å². The molecular formula is C24H25F2N5O5. The maximum atomic E-state index is 14.3. The second-order valence-corrected chi connectivity index (χ2v) is 8.17. The Balaban J connectivity index is 1.56. The first-order chi connectivity index (χ1) is 17.1. The van der Waals surface area contributed by atoms with Crippen LogP contribution in [0.15, 0.2) is 42.5 Å². The number of nitrogens with zero attached hydrogens (tertiary/aromatic N) is 2. The lowest BCUT2D eigenvalue weighted by atomic mass is 10.00. The molecule has 2 aromatic rings. The third kappa shape index (κ3) is 6.20. The number of carboxylic acid groups (broad SMARTS) is 1. The topological polar surface area (TPSA) is 157 Å². The maximum Gasteiger partial charge on any atom is 0.312 e. The summed E-state index contributed by atoms with van der Waals surface area (Å²) in [5.41, 5.74) is 6.06. The summed E-state index contributed by atoms with van der Waals surface area (Å²) in [6.07, 6.45) is -0.303. The molecule has 0 spiro atoms. The van der Waals surface area contributed by atoms with E-state index in [2.05, 4.69) is 5.32 Å². The van der Waals surface area contributed by atoms with Crippen molar-refractivity contribution in [2.45, 2.75) is 18.9 Å². The van der Waals surface area contributed by atoms with Gasteiger partial charge in [-0.15, -0.1) is 0 Å². The first-order valence-electron chi connectivity index (χ1n) is 11.1. The molecule has 1 aliphatic heterocycles. The number of benzene rings is 2. The molecule has 190 valence electrons. The molecule has 2 aromatic carbocycles. The summed E-state index contributed by atoms with van der Waals surface area (Å²) >= 11 is 0. The van der Waals surface area contributed by atoms with E-state index in [9.17, 15) is 33.1 Å². The molecule has 0 radical (unpaired) electrons. The van der Waals surface area contributed by atoms with Gasteiger partial charge in [0.15, 0.2) is 0 Å². The van der Waals surface area contributed by atoms with Crippen molar-refractivity contribution >= 4 is 29.5 Å². The summed E-state index contributed by atoms with van der Waals surface area (Å²) in [6, 6.07) is 7.53. The Labute approximate surface area is 205 Å². The Morgan fingerprint density at radius 3 is 2.33 bits per heavy atom. The SMILES string of the molecule is N=C(N)c1ccc(C(=O)NCCCN2CCN(C(CC(=O)O)c3ccc(F)cc3F)C(=O)C2=O)cc1. The molecule has 0 aromatic heterocycles. The Morgan fingerprint density at radius 1 is 1.06 bits per heavy atom. The number of amidine groups is 1. The smallest absolute Gasteiger partial charge is 0.312 e. The van der Waals surface area contributed by atoms with Crippen molar-refractivity contribution in [1.29, 1.82) is 5.41 Å². The lowest BCUT2D eigenvalue weighted by Gasteiger charge is -2.38. The quantitative estimate of drug-likeness (QED) is 0.166. The van der Waals surface area contributed by atoms with Crippen molar-refractivity contribution < 1.29 is 33.1 Å². The number of piperazine rings is 1. The zero-order valence-corrected chi connectivity index (χ0v) is 19.2. The zero-order valence-electron chi connectivity index (χ0n) is 19.2. The standard InChI is InChI=1S/C24H25F2N5O5/c25-16-6-7-17(18(26)12-16)19(13-20(32)33)31-11-10-30(23(35)24(31)36)9-1-8-29-22(34)15-4-2-14(3-5-15)21(27)28/h2-7,12,19H,1,8-11,13H2,(H3,27,28)(H,29,34)(H,32,33). The summed E-state index contributed by atoms with van der Waals surface area (Å²) in [7, 11) is 0. The Bertz CT molecular complexity index is 1190. The fourth-order valence-electron chi connectivity index (χ4n) is 3.90. The predicted molar refractivity (Wildman–Crippen MR) is 124 cm³/mol. The molecular weight excluding hydrogens is 476 g/mol. The number of amides is 3. The Hall–Kier alpha value is -4.35. The van der Waals surface area contributed by atoms with E-state index in [0.717, 1.165) is 17.0 Å². The fourth-order valence-corrected chi connectivity index (χ4v) is 3.90. The number of halogens is 2. The van der Waals surface area contributed by atoms with Gasteiger partial charge in [0, 0.05) is 48.9 Å². The highest BCUT2D eigenvalue weighted by molar-refractivity contribution is 6.35. The highest BCUT2D eigenvalue weighted by atomic mass is 19.1. The molecule has 10 nitrogen and oxygen atoms in total. The van der Waals surface area contributed by atoms with Crippen LogP contribution in [0.5, 0.6) is 0 Å². The van der Waals surface area contributed by atoms with E-state index in [1.165, 1.54) is 17.0 Å². The molecule has 3 rings (SSSR count). The van der Waals surface area contributed by atoms with Crippen LogP contribution in [0.4, 0.5) is 8.78 Å². The number of rotatable bonds is 10. The minimum Gasteiger partial charge on any atom is -0.481 e. The highest BCUT2D eigenvalue weighted by Gasteiger charge is 2.38. The van der Waals surface area contributed by atoms with Gasteiger partial charge in [0.25, 0.3) is 5.91 Å². The largest absolute Gasteiger partial charge is 0.481 e. The summed E-state index contributed by atoms with van der Waals surface area (Å²) in [5, 5.41) is 19.3. The third-order valence-corrected chi connectivity index (χ3v) is 5.76. The molecule has 0 aliphatic carbocycles. The summed E-state index contributed by atoms with van der Waals surface area (Å²) < 4.78 is 27.6. The first-order valence-corrected chi connectivity index (χ1v) is 11.1. The molecule has 36 heavy (non-hydrogen) atoms. The van der Waals surface area contributed by atoms with E-state index >= 15 is 0 Å². The monoisotopic (exact) mass is 501 g/mol. The molecule has 3 amide bonds. The molecule has 1 unspecified atom stereocenters. The number of hydrogen-bond acceptors (Lipinski definition) is 5. The van der Waals surface area contributed by atoms with Gasteiger partial charge in [-0.25, -0.2) is 8.78 Å². The second-order valence-electron chi connectivity index (χ2n) is 8.17. The number of carboxylic acids is 1. The van der Waals surface area contributed by atoms with Crippen LogP contribution in [0.25, 0.3) is 0 Å². The Morgan fingerprint density at radius 2 is 1.72 bits per heavy atom. The lowest BCUT2D eigenvalue weighted by Crippen LogP contribution is -2.55. The number of nitrogens with one attached hydrogen (secondary N) is 2. The minimum atomic E-state index is -1.31. The second kappa shape index (κ2) is 11.4. The van der Waals surface area contributed by atoms with Gasteiger partial charge >= 0.3 is 17.8 Å². The molecule has 1 aliphatic rings. The normalized spacial score (nSPS) is 14.5.